The molecule has 1 aromatic carbocycles. The summed E-state index contributed by atoms with van der Waals surface area (Å²) in [7, 11) is 0. The molecular formula is C21H24FN3O3. The van der Waals surface area contributed by atoms with Crippen LogP contribution in [0.15, 0.2) is 41.2 Å². The number of halogens is 1. The molecule has 2 aliphatic rings. The van der Waals surface area contributed by atoms with Crippen LogP contribution in [0.5, 0.6) is 0 Å². The number of aromatic nitrogens is 2. The zero-order valence-corrected chi connectivity index (χ0v) is 15.7. The van der Waals surface area contributed by atoms with Crippen molar-refractivity contribution in [3.05, 3.63) is 52.6 Å². The topological polar surface area (TPSA) is 75.4 Å². The van der Waals surface area contributed by atoms with E-state index in [0.717, 1.165) is 30.4 Å². The number of carbonyl (C=O) groups is 1. The normalized spacial score (nSPS) is 24.6. The Labute approximate surface area is 162 Å². The zero-order valence-electron chi connectivity index (χ0n) is 15.7. The number of aliphatic hydroxyl groups is 1. The lowest BCUT2D eigenvalue weighted by Gasteiger charge is -2.47. The predicted octanol–water partition coefficient (Wildman–Crippen LogP) is 2.20. The van der Waals surface area contributed by atoms with Gasteiger partial charge in [0.25, 0.3) is 5.56 Å². The van der Waals surface area contributed by atoms with Gasteiger partial charge in [-0.2, -0.15) is 5.10 Å². The molecule has 0 radical (unpaired) electrons. The van der Waals surface area contributed by atoms with Crippen LogP contribution in [-0.4, -0.2) is 44.4 Å². The van der Waals surface area contributed by atoms with Crippen molar-refractivity contribution in [2.24, 2.45) is 5.92 Å². The van der Waals surface area contributed by atoms with Crippen molar-refractivity contribution in [2.45, 2.75) is 44.2 Å². The van der Waals surface area contributed by atoms with E-state index in [1.165, 1.54) is 18.2 Å². The van der Waals surface area contributed by atoms with Crippen molar-refractivity contribution in [2.75, 3.05) is 13.1 Å². The second-order valence-corrected chi connectivity index (χ2v) is 7.86. The van der Waals surface area contributed by atoms with E-state index in [4.69, 9.17) is 0 Å². The first-order valence-electron chi connectivity index (χ1n) is 9.79. The molecule has 2 atom stereocenters. The summed E-state index contributed by atoms with van der Waals surface area (Å²) in [5, 5.41) is 15.1. The molecule has 1 aromatic heterocycles. The van der Waals surface area contributed by atoms with E-state index in [0.29, 0.717) is 30.8 Å². The molecule has 1 aliphatic heterocycles. The monoisotopic (exact) mass is 385 g/mol. The van der Waals surface area contributed by atoms with Gasteiger partial charge in [0.2, 0.25) is 5.91 Å². The third-order valence-corrected chi connectivity index (χ3v) is 6.07. The highest BCUT2D eigenvalue weighted by molar-refractivity contribution is 5.76. The number of fused-ring (bicyclic) bond motifs is 1. The van der Waals surface area contributed by atoms with Gasteiger partial charge in [-0.3, -0.25) is 9.59 Å². The molecule has 1 N–H and O–H groups in total. The molecule has 1 saturated heterocycles. The summed E-state index contributed by atoms with van der Waals surface area (Å²) in [4.78, 5) is 26.7. The van der Waals surface area contributed by atoms with Gasteiger partial charge in [-0.1, -0.05) is 12.8 Å². The Kier molecular flexibility index (Phi) is 5.02. The average molecular weight is 385 g/mol. The van der Waals surface area contributed by atoms with Gasteiger partial charge in [0.15, 0.2) is 0 Å². The lowest BCUT2D eigenvalue weighted by atomic mass is 9.71. The Balaban J connectivity index is 1.49. The molecule has 0 spiro atoms. The maximum Gasteiger partial charge on any atom is 0.267 e. The summed E-state index contributed by atoms with van der Waals surface area (Å²) in [6.07, 6.45) is 4.44. The van der Waals surface area contributed by atoms with E-state index < -0.39 is 5.60 Å². The first-order chi connectivity index (χ1) is 13.4. The van der Waals surface area contributed by atoms with Crippen LogP contribution in [0.25, 0.3) is 11.3 Å². The minimum atomic E-state index is -0.646. The molecule has 6 nitrogen and oxygen atoms in total. The quantitative estimate of drug-likeness (QED) is 0.879. The number of rotatable bonds is 3. The van der Waals surface area contributed by atoms with Gasteiger partial charge in [-0.25, -0.2) is 9.07 Å². The fraction of sp³-hybridized carbons (Fsp3) is 0.476. The van der Waals surface area contributed by atoms with Crippen LogP contribution in [-0.2, 0) is 11.3 Å². The number of hydrogen-bond donors (Lipinski definition) is 1. The Morgan fingerprint density at radius 1 is 1.18 bits per heavy atom. The fourth-order valence-electron chi connectivity index (χ4n) is 4.36. The number of hydrogen-bond acceptors (Lipinski definition) is 4. The van der Waals surface area contributed by atoms with Gasteiger partial charge in [0.05, 0.1) is 11.3 Å². The van der Waals surface area contributed by atoms with Crippen molar-refractivity contribution in [3.63, 3.8) is 0 Å². The van der Waals surface area contributed by atoms with E-state index in [-0.39, 0.29) is 29.7 Å². The van der Waals surface area contributed by atoms with Crippen LogP contribution < -0.4 is 5.56 Å². The molecule has 2 fully saturated rings. The first-order valence-corrected chi connectivity index (χ1v) is 9.79. The molecule has 148 valence electrons. The SMILES string of the molecule is O=C(Cn1nc(-c2ccc(F)cc2)ccc1=O)N1CC[C@@]2(O)CCCC[C@H]2C1. The molecule has 28 heavy (non-hydrogen) atoms. The van der Waals surface area contributed by atoms with Gasteiger partial charge >= 0.3 is 0 Å². The molecule has 2 heterocycles. The maximum absolute atomic E-state index is 13.1. The molecule has 1 aliphatic carbocycles. The summed E-state index contributed by atoms with van der Waals surface area (Å²) >= 11 is 0. The highest BCUT2D eigenvalue weighted by Crippen LogP contribution is 2.39. The standard InChI is InChI=1S/C21H24FN3O3/c22-17-6-4-15(5-7-17)18-8-9-19(26)25(23-18)14-20(27)24-12-11-21(28)10-2-1-3-16(21)13-24/h4-9,16,28H,1-3,10-14H2/t16-,21-/m0/s1. The van der Waals surface area contributed by atoms with Crippen LogP contribution >= 0.6 is 0 Å². The third-order valence-electron chi connectivity index (χ3n) is 6.07. The Morgan fingerprint density at radius 2 is 1.96 bits per heavy atom. The smallest absolute Gasteiger partial charge is 0.267 e. The highest BCUT2D eigenvalue weighted by atomic mass is 19.1. The Morgan fingerprint density at radius 3 is 2.75 bits per heavy atom. The summed E-state index contributed by atoms with van der Waals surface area (Å²) in [6.45, 7) is 0.888. The minimum absolute atomic E-state index is 0.106. The molecule has 1 saturated carbocycles. The summed E-state index contributed by atoms with van der Waals surface area (Å²) < 4.78 is 14.3. The number of piperidine rings is 1. The van der Waals surface area contributed by atoms with Crippen molar-refractivity contribution in [3.8, 4) is 11.3 Å². The Hall–Kier alpha value is -2.54. The van der Waals surface area contributed by atoms with Crippen LogP contribution in [0, 0.1) is 11.7 Å². The van der Waals surface area contributed by atoms with Gasteiger partial charge in [0.1, 0.15) is 12.4 Å². The Bertz CT molecular complexity index is 927. The third kappa shape index (κ3) is 3.71. The molecule has 7 heteroatoms. The first kappa shape index (κ1) is 18.8. The van der Waals surface area contributed by atoms with Crippen molar-refractivity contribution in [1.29, 1.82) is 0 Å². The zero-order chi connectivity index (χ0) is 19.7. The number of nitrogens with zero attached hydrogens (tertiary/aromatic N) is 3. The van der Waals surface area contributed by atoms with Crippen LogP contribution in [0.2, 0.25) is 0 Å². The largest absolute Gasteiger partial charge is 0.389 e. The van der Waals surface area contributed by atoms with Crippen LogP contribution in [0.1, 0.15) is 32.1 Å². The van der Waals surface area contributed by atoms with Gasteiger partial charge < -0.3 is 10.0 Å². The van der Waals surface area contributed by atoms with E-state index >= 15 is 0 Å². The molecule has 4 rings (SSSR count). The van der Waals surface area contributed by atoms with E-state index in [1.807, 2.05) is 0 Å². The van der Waals surface area contributed by atoms with Gasteiger partial charge in [0, 0.05) is 30.6 Å². The number of amides is 1. The van der Waals surface area contributed by atoms with E-state index in [9.17, 15) is 19.1 Å². The lowest BCUT2D eigenvalue weighted by molar-refractivity contribution is -0.144. The van der Waals surface area contributed by atoms with Crippen LogP contribution in [0.4, 0.5) is 4.39 Å². The lowest BCUT2D eigenvalue weighted by Crippen LogP contribution is -2.55. The van der Waals surface area contributed by atoms with Crippen LogP contribution in [0.3, 0.4) is 0 Å². The number of carbonyl (C=O) groups excluding carboxylic acids is 1. The number of benzene rings is 1. The minimum Gasteiger partial charge on any atom is -0.389 e. The second-order valence-electron chi connectivity index (χ2n) is 7.86. The summed E-state index contributed by atoms with van der Waals surface area (Å²) in [5.41, 5.74) is 0.179. The summed E-state index contributed by atoms with van der Waals surface area (Å²) in [5.74, 6) is -0.410. The fourth-order valence-corrected chi connectivity index (χ4v) is 4.36. The van der Waals surface area contributed by atoms with Crippen molar-refractivity contribution in [1.82, 2.24) is 14.7 Å². The van der Waals surface area contributed by atoms with E-state index in [1.54, 1.807) is 23.1 Å². The van der Waals surface area contributed by atoms with Gasteiger partial charge in [-0.05, 0) is 49.6 Å². The molecule has 2 aromatic rings. The average Bonchev–Trinajstić information content (AvgIpc) is 2.69. The van der Waals surface area contributed by atoms with E-state index in [2.05, 4.69) is 5.10 Å². The predicted molar refractivity (Wildman–Crippen MR) is 102 cm³/mol. The van der Waals surface area contributed by atoms with Crippen molar-refractivity contribution < 1.29 is 14.3 Å². The summed E-state index contributed by atoms with van der Waals surface area (Å²) in [6, 6.07) is 8.77. The second kappa shape index (κ2) is 7.47. The van der Waals surface area contributed by atoms with Gasteiger partial charge in [-0.15, -0.1) is 0 Å². The molecule has 0 unspecified atom stereocenters. The van der Waals surface area contributed by atoms with Crippen molar-refractivity contribution >= 4 is 5.91 Å². The molecule has 0 bridgehead atoms. The molecule has 1 amide bonds. The molecular weight excluding hydrogens is 361 g/mol. The maximum atomic E-state index is 13.1. The highest BCUT2D eigenvalue weighted by Gasteiger charge is 2.43. The number of likely N-dealkylation sites (tertiary alicyclic amines) is 1.